The first-order valence-electron chi connectivity index (χ1n) is 10.0. The van der Waals surface area contributed by atoms with Gasteiger partial charge in [0.1, 0.15) is 5.82 Å². The SMILES string of the molecule is Cc1c(F)c(N2CCC(CNC(=O)C(F)(F)F)C2)c(C)c2c1ccc(=O)n2C1CC1. The highest BCUT2D eigenvalue weighted by molar-refractivity contribution is 5.91. The largest absolute Gasteiger partial charge is 0.471 e. The summed E-state index contributed by atoms with van der Waals surface area (Å²) in [6.07, 6.45) is -2.55. The van der Waals surface area contributed by atoms with Gasteiger partial charge in [-0.15, -0.1) is 0 Å². The number of fused-ring (bicyclic) bond motifs is 1. The van der Waals surface area contributed by atoms with Gasteiger partial charge in [-0.2, -0.15) is 13.2 Å². The van der Waals surface area contributed by atoms with E-state index in [9.17, 15) is 22.8 Å². The maximum atomic E-state index is 15.3. The van der Waals surface area contributed by atoms with E-state index in [0.29, 0.717) is 41.7 Å². The van der Waals surface area contributed by atoms with Gasteiger partial charge in [0, 0.05) is 37.1 Å². The Kier molecular flexibility index (Phi) is 5.02. The molecule has 1 aliphatic heterocycles. The first-order chi connectivity index (χ1) is 14.1. The summed E-state index contributed by atoms with van der Waals surface area (Å²) in [4.78, 5) is 25.4. The molecule has 2 fully saturated rings. The number of aryl methyl sites for hydroxylation is 2. The van der Waals surface area contributed by atoms with E-state index in [2.05, 4.69) is 0 Å². The Morgan fingerprint density at radius 1 is 1.17 bits per heavy atom. The van der Waals surface area contributed by atoms with Crippen molar-refractivity contribution in [2.75, 3.05) is 24.5 Å². The van der Waals surface area contributed by atoms with Gasteiger partial charge in [-0.1, -0.05) is 0 Å². The first-order valence-corrected chi connectivity index (χ1v) is 10.0. The molecule has 2 aliphatic rings. The van der Waals surface area contributed by atoms with Gasteiger partial charge in [-0.25, -0.2) is 4.39 Å². The van der Waals surface area contributed by atoms with E-state index in [0.717, 1.165) is 18.4 Å². The van der Waals surface area contributed by atoms with Crippen LogP contribution in [0.3, 0.4) is 0 Å². The Labute approximate surface area is 170 Å². The molecule has 0 spiro atoms. The predicted octanol–water partition coefficient (Wildman–Crippen LogP) is 3.60. The van der Waals surface area contributed by atoms with Gasteiger partial charge >= 0.3 is 12.1 Å². The van der Waals surface area contributed by atoms with Crippen LogP contribution in [0, 0.1) is 25.6 Å². The molecule has 0 radical (unpaired) electrons. The molecule has 9 heteroatoms. The number of pyridine rings is 1. The minimum absolute atomic E-state index is 0.112. The standard InChI is InChI=1S/C21H23F4N3O2/c1-11-15-5-6-16(29)28(14-3-4-14)18(15)12(2)19(17(11)22)27-8-7-13(10-27)9-26-20(30)21(23,24)25/h5-6,13-14H,3-4,7-10H2,1-2H3,(H,26,30). The fraction of sp³-hybridized carbons (Fsp3) is 0.524. The summed E-state index contributed by atoms with van der Waals surface area (Å²) in [5.74, 6) is -2.55. The lowest BCUT2D eigenvalue weighted by Crippen LogP contribution is -2.39. The lowest BCUT2D eigenvalue weighted by Gasteiger charge is -2.25. The number of nitrogens with one attached hydrogen (secondary N) is 1. The van der Waals surface area contributed by atoms with Gasteiger partial charge in [-0.05, 0) is 56.2 Å². The van der Waals surface area contributed by atoms with Crippen LogP contribution in [0.4, 0.5) is 23.2 Å². The van der Waals surface area contributed by atoms with E-state index in [4.69, 9.17) is 0 Å². The van der Waals surface area contributed by atoms with E-state index in [-0.39, 0.29) is 29.9 Å². The van der Waals surface area contributed by atoms with Crippen molar-refractivity contribution >= 4 is 22.5 Å². The van der Waals surface area contributed by atoms with Crippen LogP contribution in [0.15, 0.2) is 16.9 Å². The van der Waals surface area contributed by atoms with Gasteiger partial charge in [0.25, 0.3) is 5.56 Å². The van der Waals surface area contributed by atoms with Crippen LogP contribution < -0.4 is 15.8 Å². The molecule has 1 unspecified atom stereocenters. The molecular weight excluding hydrogens is 402 g/mol. The number of halogens is 4. The van der Waals surface area contributed by atoms with Crippen LogP contribution in [0.25, 0.3) is 10.9 Å². The van der Waals surface area contributed by atoms with Crippen LogP contribution >= 0.6 is 0 Å². The van der Waals surface area contributed by atoms with Crippen molar-refractivity contribution < 1.29 is 22.4 Å². The topological polar surface area (TPSA) is 54.3 Å². The Balaban J connectivity index is 1.66. The molecule has 5 nitrogen and oxygen atoms in total. The maximum absolute atomic E-state index is 15.3. The van der Waals surface area contributed by atoms with Crippen LogP contribution in [0.5, 0.6) is 0 Å². The summed E-state index contributed by atoms with van der Waals surface area (Å²) >= 11 is 0. The molecule has 162 valence electrons. The zero-order valence-electron chi connectivity index (χ0n) is 16.8. The molecular formula is C21H23F4N3O2. The average Bonchev–Trinajstić information content (AvgIpc) is 3.41. The third kappa shape index (κ3) is 3.54. The Morgan fingerprint density at radius 3 is 2.50 bits per heavy atom. The smallest absolute Gasteiger partial charge is 0.369 e. The second kappa shape index (κ2) is 7.28. The lowest BCUT2D eigenvalue weighted by atomic mass is 10.0. The predicted molar refractivity (Wildman–Crippen MR) is 105 cm³/mol. The summed E-state index contributed by atoms with van der Waals surface area (Å²) in [6.45, 7) is 4.16. The molecule has 1 aromatic heterocycles. The van der Waals surface area contributed by atoms with Crippen molar-refractivity contribution in [1.82, 2.24) is 9.88 Å². The van der Waals surface area contributed by atoms with Gasteiger partial charge in [0.05, 0.1) is 11.2 Å². The first kappa shape index (κ1) is 20.7. The van der Waals surface area contributed by atoms with Gasteiger partial charge in [-0.3, -0.25) is 9.59 Å². The molecule has 1 N–H and O–H groups in total. The summed E-state index contributed by atoms with van der Waals surface area (Å²) < 4.78 is 54.3. The molecule has 2 aromatic rings. The number of amides is 1. The van der Waals surface area contributed by atoms with Gasteiger partial charge in [0.2, 0.25) is 0 Å². The lowest BCUT2D eigenvalue weighted by molar-refractivity contribution is -0.173. The zero-order chi connectivity index (χ0) is 21.8. The van der Waals surface area contributed by atoms with E-state index >= 15 is 4.39 Å². The van der Waals surface area contributed by atoms with Crippen molar-refractivity contribution in [3.8, 4) is 0 Å². The molecule has 1 atom stereocenters. The maximum Gasteiger partial charge on any atom is 0.471 e. The minimum Gasteiger partial charge on any atom is -0.369 e. The number of anilines is 1. The highest BCUT2D eigenvalue weighted by Gasteiger charge is 2.39. The molecule has 1 saturated carbocycles. The Morgan fingerprint density at radius 2 is 1.87 bits per heavy atom. The summed E-state index contributed by atoms with van der Waals surface area (Å²) in [7, 11) is 0. The van der Waals surface area contributed by atoms with Crippen LogP contribution in [0.1, 0.15) is 36.4 Å². The van der Waals surface area contributed by atoms with E-state index in [1.807, 2.05) is 10.2 Å². The van der Waals surface area contributed by atoms with Crippen LogP contribution in [0.2, 0.25) is 0 Å². The van der Waals surface area contributed by atoms with Crippen molar-refractivity contribution in [3.63, 3.8) is 0 Å². The normalized spacial score (nSPS) is 19.5. The molecule has 4 rings (SSSR count). The third-order valence-electron chi connectivity index (χ3n) is 6.10. The minimum atomic E-state index is -4.91. The number of nitrogens with zero attached hydrogens (tertiary/aromatic N) is 2. The highest BCUT2D eigenvalue weighted by atomic mass is 19.4. The molecule has 1 saturated heterocycles. The quantitative estimate of drug-likeness (QED) is 0.762. The molecule has 1 amide bonds. The summed E-state index contributed by atoms with van der Waals surface area (Å²) in [6, 6.07) is 3.26. The molecule has 1 aliphatic carbocycles. The Hall–Kier alpha value is -2.58. The summed E-state index contributed by atoms with van der Waals surface area (Å²) in [5, 5.41) is 2.62. The number of hydrogen-bond acceptors (Lipinski definition) is 3. The molecule has 1 aromatic carbocycles. The van der Waals surface area contributed by atoms with Crippen molar-refractivity contribution in [1.29, 1.82) is 0 Å². The number of benzene rings is 1. The molecule has 2 heterocycles. The zero-order valence-corrected chi connectivity index (χ0v) is 16.8. The average molecular weight is 425 g/mol. The van der Waals surface area contributed by atoms with Crippen molar-refractivity contribution in [3.05, 3.63) is 39.4 Å². The van der Waals surface area contributed by atoms with E-state index in [1.54, 1.807) is 24.5 Å². The second-order valence-corrected chi connectivity index (χ2v) is 8.26. The molecule has 30 heavy (non-hydrogen) atoms. The third-order valence-corrected chi connectivity index (χ3v) is 6.10. The number of alkyl halides is 3. The summed E-state index contributed by atoms with van der Waals surface area (Å²) in [5.41, 5.74) is 2.13. The second-order valence-electron chi connectivity index (χ2n) is 8.26. The van der Waals surface area contributed by atoms with E-state index < -0.39 is 12.1 Å². The monoisotopic (exact) mass is 425 g/mol. The number of rotatable bonds is 4. The van der Waals surface area contributed by atoms with Crippen molar-refractivity contribution in [2.24, 2.45) is 5.92 Å². The van der Waals surface area contributed by atoms with Crippen LogP contribution in [-0.4, -0.2) is 36.3 Å². The number of aromatic nitrogens is 1. The number of carbonyl (C=O) groups excluding carboxylic acids is 1. The molecule has 0 bridgehead atoms. The number of carbonyl (C=O) groups is 1. The van der Waals surface area contributed by atoms with E-state index in [1.165, 1.54) is 6.07 Å². The van der Waals surface area contributed by atoms with Crippen molar-refractivity contribution in [2.45, 2.75) is 45.3 Å². The van der Waals surface area contributed by atoms with Gasteiger partial charge in [0.15, 0.2) is 0 Å². The number of hydrogen-bond donors (Lipinski definition) is 1. The Bertz CT molecular complexity index is 1070. The highest BCUT2D eigenvalue weighted by Crippen LogP contribution is 2.41. The fourth-order valence-electron chi connectivity index (χ4n) is 4.42. The fourth-order valence-corrected chi connectivity index (χ4v) is 4.42. The van der Waals surface area contributed by atoms with Gasteiger partial charge < -0.3 is 14.8 Å². The van der Waals surface area contributed by atoms with Crippen LogP contribution in [-0.2, 0) is 4.79 Å².